The first-order valence-electron chi connectivity index (χ1n) is 6.15. The third-order valence-electron chi connectivity index (χ3n) is 2.61. The molecule has 0 aliphatic carbocycles. The SMILES string of the molecule is NCC#Cc1cc(F)cc(OCc2cc(F)ccc2Cl)c1. The number of rotatable bonds is 3. The van der Waals surface area contributed by atoms with E-state index in [0.29, 0.717) is 16.1 Å². The second kappa shape index (κ2) is 7.07. The highest BCUT2D eigenvalue weighted by atomic mass is 35.5. The van der Waals surface area contributed by atoms with Crippen molar-refractivity contribution in [1.29, 1.82) is 0 Å². The van der Waals surface area contributed by atoms with Crippen LogP contribution < -0.4 is 10.5 Å². The average molecular weight is 308 g/mol. The number of nitrogens with two attached hydrogens (primary N) is 1. The van der Waals surface area contributed by atoms with E-state index in [0.717, 1.165) is 0 Å². The lowest BCUT2D eigenvalue weighted by atomic mass is 10.2. The van der Waals surface area contributed by atoms with E-state index in [1.165, 1.54) is 30.3 Å². The molecule has 2 N–H and O–H groups in total. The van der Waals surface area contributed by atoms with Crippen molar-refractivity contribution in [3.8, 4) is 17.6 Å². The Morgan fingerprint density at radius 2 is 1.90 bits per heavy atom. The van der Waals surface area contributed by atoms with Gasteiger partial charge in [0.25, 0.3) is 0 Å². The quantitative estimate of drug-likeness (QED) is 0.881. The summed E-state index contributed by atoms with van der Waals surface area (Å²) in [6.07, 6.45) is 0. The van der Waals surface area contributed by atoms with Gasteiger partial charge < -0.3 is 10.5 Å². The minimum atomic E-state index is -0.473. The molecule has 0 aliphatic rings. The summed E-state index contributed by atoms with van der Waals surface area (Å²) < 4.78 is 32.0. The molecule has 0 radical (unpaired) electrons. The standard InChI is InChI=1S/C16H12ClF2NO/c17-16-4-3-13(18)8-12(16)10-21-15-7-11(2-1-5-20)6-14(19)9-15/h3-4,6-9H,5,10,20H2. The van der Waals surface area contributed by atoms with E-state index in [2.05, 4.69) is 11.8 Å². The van der Waals surface area contributed by atoms with Crippen LogP contribution >= 0.6 is 11.6 Å². The third-order valence-corrected chi connectivity index (χ3v) is 2.98. The van der Waals surface area contributed by atoms with Crippen molar-refractivity contribution in [3.63, 3.8) is 0 Å². The van der Waals surface area contributed by atoms with Crippen LogP contribution in [0.25, 0.3) is 0 Å². The van der Waals surface area contributed by atoms with Crippen LogP contribution in [0, 0.1) is 23.5 Å². The molecule has 2 aromatic carbocycles. The van der Waals surface area contributed by atoms with Gasteiger partial charge in [0, 0.05) is 22.2 Å². The highest BCUT2D eigenvalue weighted by molar-refractivity contribution is 6.31. The van der Waals surface area contributed by atoms with Gasteiger partial charge in [-0.15, -0.1) is 0 Å². The second-order valence-electron chi connectivity index (χ2n) is 4.21. The Morgan fingerprint density at radius 3 is 2.67 bits per heavy atom. The van der Waals surface area contributed by atoms with Crippen molar-refractivity contribution in [1.82, 2.24) is 0 Å². The molecule has 0 aliphatic heterocycles. The highest BCUT2D eigenvalue weighted by Crippen LogP contribution is 2.21. The first kappa shape index (κ1) is 15.3. The second-order valence-corrected chi connectivity index (χ2v) is 4.61. The molecule has 0 saturated carbocycles. The predicted molar refractivity (Wildman–Crippen MR) is 78.1 cm³/mol. The summed E-state index contributed by atoms with van der Waals surface area (Å²) >= 11 is 5.94. The lowest BCUT2D eigenvalue weighted by Crippen LogP contribution is -1.98. The number of hydrogen-bond acceptors (Lipinski definition) is 2. The Balaban J connectivity index is 2.16. The largest absolute Gasteiger partial charge is 0.489 e. The van der Waals surface area contributed by atoms with Gasteiger partial charge in [-0.3, -0.25) is 0 Å². The van der Waals surface area contributed by atoms with Gasteiger partial charge in [0.05, 0.1) is 6.54 Å². The van der Waals surface area contributed by atoms with Crippen molar-refractivity contribution in [2.75, 3.05) is 6.54 Å². The molecule has 2 aromatic rings. The van der Waals surface area contributed by atoms with Gasteiger partial charge in [0.1, 0.15) is 24.0 Å². The van der Waals surface area contributed by atoms with Gasteiger partial charge in [-0.2, -0.15) is 0 Å². The Kier molecular flexibility index (Phi) is 5.15. The summed E-state index contributed by atoms with van der Waals surface area (Å²) in [6, 6.07) is 8.06. The van der Waals surface area contributed by atoms with Gasteiger partial charge in [-0.05, 0) is 30.3 Å². The van der Waals surface area contributed by atoms with Crippen molar-refractivity contribution in [3.05, 3.63) is 64.2 Å². The fourth-order valence-electron chi connectivity index (χ4n) is 1.69. The van der Waals surface area contributed by atoms with E-state index < -0.39 is 11.6 Å². The summed E-state index contributed by atoms with van der Waals surface area (Å²) in [5.41, 5.74) is 6.21. The smallest absolute Gasteiger partial charge is 0.128 e. The zero-order valence-electron chi connectivity index (χ0n) is 11.0. The first-order chi connectivity index (χ1) is 10.1. The normalized spacial score (nSPS) is 9.90. The van der Waals surface area contributed by atoms with Gasteiger partial charge >= 0.3 is 0 Å². The fraction of sp³-hybridized carbons (Fsp3) is 0.125. The van der Waals surface area contributed by atoms with Gasteiger partial charge in [-0.1, -0.05) is 23.4 Å². The van der Waals surface area contributed by atoms with Crippen molar-refractivity contribution < 1.29 is 13.5 Å². The molecule has 0 fully saturated rings. The number of ether oxygens (including phenoxy) is 1. The molecule has 21 heavy (non-hydrogen) atoms. The molecule has 0 amide bonds. The molecular formula is C16H12ClF2NO. The summed E-state index contributed by atoms with van der Waals surface area (Å²) in [7, 11) is 0. The van der Waals surface area contributed by atoms with E-state index in [4.69, 9.17) is 22.1 Å². The molecular weight excluding hydrogens is 296 g/mol. The van der Waals surface area contributed by atoms with E-state index in [1.807, 2.05) is 0 Å². The third kappa shape index (κ3) is 4.45. The minimum absolute atomic E-state index is 0.0316. The van der Waals surface area contributed by atoms with E-state index in [-0.39, 0.29) is 18.9 Å². The van der Waals surface area contributed by atoms with E-state index >= 15 is 0 Å². The van der Waals surface area contributed by atoms with Crippen molar-refractivity contribution in [2.24, 2.45) is 5.73 Å². The van der Waals surface area contributed by atoms with Crippen LogP contribution in [-0.2, 0) is 6.61 Å². The van der Waals surface area contributed by atoms with Crippen LogP contribution in [0.3, 0.4) is 0 Å². The van der Waals surface area contributed by atoms with Crippen molar-refractivity contribution >= 4 is 11.6 Å². The monoisotopic (exact) mass is 307 g/mol. The van der Waals surface area contributed by atoms with E-state index in [1.54, 1.807) is 6.07 Å². The Bertz CT molecular complexity index is 707. The fourth-order valence-corrected chi connectivity index (χ4v) is 1.86. The molecule has 0 aromatic heterocycles. The zero-order valence-corrected chi connectivity index (χ0v) is 11.8. The predicted octanol–water partition coefficient (Wildman–Crippen LogP) is 3.51. The molecule has 0 atom stereocenters. The number of hydrogen-bond donors (Lipinski definition) is 1. The summed E-state index contributed by atoms with van der Waals surface area (Å²) in [5, 5.41) is 0.385. The maximum absolute atomic E-state index is 13.5. The lowest BCUT2D eigenvalue weighted by molar-refractivity contribution is 0.304. The Labute approximate surface area is 126 Å². The van der Waals surface area contributed by atoms with Gasteiger partial charge in [0.2, 0.25) is 0 Å². The van der Waals surface area contributed by atoms with Gasteiger partial charge in [0.15, 0.2) is 0 Å². The van der Waals surface area contributed by atoms with Crippen LogP contribution in [0.2, 0.25) is 5.02 Å². The Morgan fingerprint density at radius 1 is 1.10 bits per heavy atom. The summed E-state index contributed by atoms with van der Waals surface area (Å²) in [4.78, 5) is 0. The maximum Gasteiger partial charge on any atom is 0.128 e. The number of benzene rings is 2. The zero-order chi connectivity index (χ0) is 15.2. The van der Waals surface area contributed by atoms with Crippen molar-refractivity contribution in [2.45, 2.75) is 6.61 Å². The average Bonchev–Trinajstić information content (AvgIpc) is 2.45. The van der Waals surface area contributed by atoms with Crippen LogP contribution in [0.4, 0.5) is 8.78 Å². The first-order valence-corrected chi connectivity index (χ1v) is 6.52. The summed E-state index contributed by atoms with van der Waals surface area (Å²) in [6.45, 7) is 0.218. The molecule has 0 heterocycles. The molecule has 0 bridgehead atoms. The van der Waals surface area contributed by atoms with Crippen LogP contribution in [0.1, 0.15) is 11.1 Å². The molecule has 2 rings (SSSR count). The lowest BCUT2D eigenvalue weighted by Gasteiger charge is -2.08. The topological polar surface area (TPSA) is 35.2 Å². The molecule has 0 saturated heterocycles. The maximum atomic E-state index is 13.5. The van der Waals surface area contributed by atoms with Crippen LogP contribution in [0.15, 0.2) is 36.4 Å². The van der Waals surface area contributed by atoms with Crippen LogP contribution in [0.5, 0.6) is 5.75 Å². The summed E-state index contributed by atoms with van der Waals surface area (Å²) in [5.74, 6) is 4.76. The molecule has 2 nitrogen and oxygen atoms in total. The number of halogens is 3. The molecule has 108 valence electrons. The molecule has 0 unspecified atom stereocenters. The molecule has 5 heteroatoms. The Hall–Kier alpha value is -2.09. The van der Waals surface area contributed by atoms with E-state index in [9.17, 15) is 8.78 Å². The highest BCUT2D eigenvalue weighted by Gasteiger charge is 2.05. The minimum Gasteiger partial charge on any atom is -0.489 e. The van der Waals surface area contributed by atoms with Gasteiger partial charge in [-0.25, -0.2) is 8.78 Å². The molecule has 0 spiro atoms. The van der Waals surface area contributed by atoms with Crippen LogP contribution in [-0.4, -0.2) is 6.54 Å².